The Kier molecular flexibility index (Phi) is 8.37. The Balaban J connectivity index is 1.72. The van der Waals surface area contributed by atoms with E-state index < -0.39 is 0 Å². The molecule has 0 spiro atoms. The van der Waals surface area contributed by atoms with Crippen LogP contribution in [0.25, 0.3) is 5.57 Å². The normalized spacial score (nSPS) is 11.6. The molecule has 0 N–H and O–H groups in total. The molecule has 2 aromatic carbocycles. The van der Waals surface area contributed by atoms with Crippen molar-refractivity contribution in [2.75, 3.05) is 6.61 Å². The highest BCUT2D eigenvalue weighted by Crippen LogP contribution is 2.36. The first-order valence-corrected chi connectivity index (χ1v) is 11.2. The number of esters is 1. The van der Waals surface area contributed by atoms with E-state index in [1.54, 1.807) is 38.2 Å². The smallest absolute Gasteiger partial charge is 0.333 e. The van der Waals surface area contributed by atoms with Crippen LogP contribution in [-0.2, 0) is 16.1 Å². The minimum Gasteiger partial charge on any atom is -0.487 e. The molecule has 0 aliphatic heterocycles. The average molecular weight is 486 g/mol. The summed E-state index contributed by atoms with van der Waals surface area (Å²) in [6.45, 7) is 7.93. The number of carbonyl (C=O) groups is 1. The number of ether oxygens (including phenoxy) is 3. The first-order chi connectivity index (χ1) is 15.8. The largest absolute Gasteiger partial charge is 0.487 e. The Labute approximate surface area is 203 Å². The summed E-state index contributed by atoms with van der Waals surface area (Å²) in [7, 11) is 0. The molecule has 0 aliphatic rings. The molecule has 7 heteroatoms. The second-order valence-corrected chi connectivity index (χ2v) is 8.20. The molecule has 0 aliphatic carbocycles. The van der Waals surface area contributed by atoms with E-state index >= 15 is 0 Å². The Morgan fingerprint density at radius 3 is 2.42 bits per heavy atom. The zero-order valence-corrected chi connectivity index (χ0v) is 20.5. The molecule has 0 unspecified atom stereocenters. The zero-order valence-electron chi connectivity index (χ0n) is 18.9. The molecule has 3 aromatic rings. The van der Waals surface area contributed by atoms with Crippen molar-refractivity contribution in [1.29, 1.82) is 0 Å². The van der Waals surface area contributed by atoms with Crippen LogP contribution in [0, 0.1) is 6.92 Å². The number of allylic oxidation sites excluding steroid dienone is 1. The van der Waals surface area contributed by atoms with Gasteiger partial charge in [0.05, 0.1) is 17.8 Å². The van der Waals surface area contributed by atoms with Gasteiger partial charge in [-0.25, -0.2) is 9.78 Å². The van der Waals surface area contributed by atoms with E-state index in [4.69, 9.17) is 37.4 Å². The molecule has 5 nitrogen and oxygen atoms in total. The van der Waals surface area contributed by atoms with E-state index in [0.29, 0.717) is 46.2 Å². The maximum Gasteiger partial charge on any atom is 0.333 e. The molecular weight excluding hydrogens is 461 g/mol. The van der Waals surface area contributed by atoms with Crippen molar-refractivity contribution in [2.45, 2.75) is 34.3 Å². The van der Waals surface area contributed by atoms with Crippen molar-refractivity contribution in [3.63, 3.8) is 0 Å². The second kappa shape index (κ2) is 11.2. The van der Waals surface area contributed by atoms with Crippen LogP contribution in [0.5, 0.6) is 17.4 Å². The molecule has 172 valence electrons. The van der Waals surface area contributed by atoms with Gasteiger partial charge in [-0.1, -0.05) is 41.4 Å². The summed E-state index contributed by atoms with van der Waals surface area (Å²) in [5.74, 6) is 1.13. The van der Waals surface area contributed by atoms with Crippen molar-refractivity contribution < 1.29 is 19.0 Å². The van der Waals surface area contributed by atoms with Crippen molar-refractivity contribution in [1.82, 2.24) is 4.98 Å². The molecule has 33 heavy (non-hydrogen) atoms. The van der Waals surface area contributed by atoms with E-state index in [9.17, 15) is 4.79 Å². The van der Waals surface area contributed by atoms with Gasteiger partial charge in [-0.15, -0.1) is 0 Å². The summed E-state index contributed by atoms with van der Waals surface area (Å²) >= 11 is 12.7. The lowest BCUT2D eigenvalue weighted by molar-refractivity contribution is -0.138. The van der Waals surface area contributed by atoms with Gasteiger partial charge in [0.2, 0.25) is 5.88 Å². The first kappa shape index (κ1) is 24.6. The molecule has 0 radical (unpaired) electrons. The maximum absolute atomic E-state index is 12.0. The van der Waals surface area contributed by atoms with Gasteiger partial charge in [0, 0.05) is 22.2 Å². The number of hydrogen-bond acceptors (Lipinski definition) is 5. The van der Waals surface area contributed by atoms with E-state index in [-0.39, 0.29) is 5.97 Å². The maximum atomic E-state index is 12.0. The summed E-state index contributed by atoms with van der Waals surface area (Å²) in [6, 6.07) is 14.7. The Morgan fingerprint density at radius 1 is 1.03 bits per heavy atom. The predicted octanol–water partition coefficient (Wildman–Crippen LogP) is 7.42. The molecule has 1 aromatic heterocycles. The van der Waals surface area contributed by atoms with Crippen LogP contribution < -0.4 is 9.47 Å². The number of halogens is 2. The summed E-state index contributed by atoms with van der Waals surface area (Å²) in [5.41, 5.74) is 3.86. The number of aryl methyl sites for hydroxylation is 1. The second-order valence-electron chi connectivity index (χ2n) is 7.39. The van der Waals surface area contributed by atoms with Gasteiger partial charge < -0.3 is 14.2 Å². The van der Waals surface area contributed by atoms with E-state index in [1.807, 2.05) is 44.2 Å². The summed E-state index contributed by atoms with van der Waals surface area (Å²) < 4.78 is 16.8. The van der Waals surface area contributed by atoms with Gasteiger partial charge in [0.15, 0.2) is 5.75 Å². The third-order valence-corrected chi connectivity index (χ3v) is 5.72. The van der Waals surface area contributed by atoms with Gasteiger partial charge in [-0.05, 0) is 68.7 Å². The fraction of sp³-hybridized carbons (Fsp3) is 0.231. The minimum atomic E-state index is -0.342. The van der Waals surface area contributed by atoms with E-state index in [2.05, 4.69) is 4.98 Å². The third-order valence-electron chi connectivity index (χ3n) is 5.07. The standard InChI is InChI=1S/C26H25Cl2NO4/c1-5-31-26(30)18(4)17(3)20-12-16(2)25(23(28)13-20)33-24-11-10-21(14-29-24)32-15-19-8-6-7-9-22(19)27/h6-14H,5,15H2,1-4H3/b18-17+. The SMILES string of the molecule is CCOC(=O)/C(C)=C(\C)c1cc(C)c(Oc2ccc(OCc3ccccc3Cl)cn2)c(Cl)c1. The molecule has 3 rings (SSSR count). The lowest BCUT2D eigenvalue weighted by atomic mass is 10.00. The van der Waals surface area contributed by atoms with Gasteiger partial charge >= 0.3 is 5.97 Å². The molecule has 0 atom stereocenters. The fourth-order valence-corrected chi connectivity index (χ4v) is 3.57. The Bertz CT molecular complexity index is 1150. The fourth-order valence-electron chi connectivity index (χ4n) is 3.08. The van der Waals surface area contributed by atoms with Crippen LogP contribution in [0.15, 0.2) is 60.3 Å². The van der Waals surface area contributed by atoms with Crippen molar-refractivity contribution in [3.8, 4) is 17.4 Å². The summed E-state index contributed by atoms with van der Waals surface area (Å²) in [5, 5.41) is 1.07. The number of nitrogens with zero attached hydrogens (tertiary/aromatic N) is 1. The highest BCUT2D eigenvalue weighted by Gasteiger charge is 2.15. The predicted molar refractivity (Wildman–Crippen MR) is 131 cm³/mol. The molecule has 0 bridgehead atoms. The van der Waals surface area contributed by atoms with Crippen molar-refractivity contribution in [3.05, 3.63) is 87.0 Å². The van der Waals surface area contributed by atoms with Crippen LogP contribution in [0.1, 0.15) is 37.5 Å². The highest BCUT2D eigenvalue weighted by atomic mass is 35.5. The molecule has 0 fully saturated rings. The Morgan fingerprint density at radius 2 is 1.79 bits per heavy atom. The van der Waals surface area contributed by atoms with Crippen LogP contribution >= 0.6 is 23.2 Å². The lowest BCUT2D eigenvalue weighted by Gasteiger charge is -2.14. The quantitative estimate of drug-likeness (QED) is 0.245. The molecule has 0 saturated heterocycles. The third kappa shape index (κ3) is 6.28. The lowest BCUT2D eigenvalue weighted by Crippen LogP contribution is -2.07. The number of rotatable bonds is 8. The van der Waals surface area contributed by atoms with Gasteiger partial charge in [0.25, 0.3) is 0 Å². The molecular formula is C26H25Cl2NO4. The van der Waals surface area contributed by atoms with Crippen LogP contribution in [0.4, 0.5) is 0 Å². The van der Waals surface area contributed by atoms with Gasteiger partial charge in [0.1, 0.15) is 12.4 Å². The van der Waals surface area contributed by atoms with Crippen molar-refractivity contribution >= 4 is 34.7 Å². The molecule has 1 heterocycles. The number of aromatic nitrogens is 1. The van der Waals surface area contributed by atoms with Crippen LogP contribution in [0.2, 0.25) is 10.0 Å². The minimum absolute atomic E-state index is 0.326. The van der Waals surface area contributed by atoms with E-state index in [0.717, 1.165) is 22.3 Å². The van der Waals surface area contributed by atoms with Crippen LogP contribution in [-0.4, -0.2) is 17.6 Å². The molecule has 0 saturated carbocycles. The summed E-state index contributed by atoms with van der Waals surface area (Å²) in [6.07, 6.45) is 1.58. The number of hydrogen-bond donors (Lipinski definition) is 0. The van der Waals surface area contributed by atoms with Crippen molar-refractivity contribution in [2.24, 2.45) is 0 Å². The average Bonchev–Trinajstić information content (AvgIpc) is 2.80. The van der Waals surface area contributed by atoms with Gasteiger partial charge in [-0.2, -0.15) is 0 Å². The number of pyridine rings is 1. The van der Waals surface area contributed by atoms with Crippen LogP contribution in [0.3, 0.4) is 0 Å². The monoisotopic (exact) mass is 485 g/mol. The number of carbonyl (C=O) groups excluding carboxylic acids is 1. The number of benzene rings is 2. The van der Waals surface area contributed by atoms with E-state index in [1.165, 1.54) is 0 Å². The first-order valence-electron chi connectivity index (χ1n) is 10.4. The zero-order chi connectivity index (χ0) is 24.0. The topological polar surface area (TPSA) is 57.7 Å². The molecule has 0 amide bonds. The summed E-state index contributed by atoms with van der Waals surface area (Å²) in [4.78, 5) is 16.4. The Hall–Kier alpha value is -3.02. The van der Waals surface area contributed by atoms with Gasteiger partial charge in [-0.3, -0.25) is 0 Å². The highest BCUT2D eigenvalue weighted by molar-refractivity contribution is 6.32.